The first-order valence-electron chi connectivity index (χ1n) is 5.51. The van der Waals surface area contributed by atoms with Crippen LogP contribution in [0, 0.1) is 15.5 Å². The van der Waals surface area contributed by atoms with Crippen LogP contribution < -0.4 is 0 Å². The van der Waals surface area contributed by atoms with Gasteiger partial charge < -0.3 is 5.11 Å². The number of rotatable bonds is 4. The molecule has 0 saturated heterocycles. The number of hydrogen-bond acceptors (Lipinski definition) is 3. The summed E-state index contributed by atoms with van der Waals surface area (Å²) < 4.78 is 0. The molecular weight excluding hydrogens is 222 g/mol. The van der Waals surface area contributed by atoms with Crippen molar-refractivity contribution in [1.29, 1.82) is 0 Å². The lowest BCUT2D eigenvalue weighted by Gasteiger charge is -2.37. The molecule has 1 aliphatic rings. The maximum absolute atomic E-state index is 11.2. The molecule has 1 aliphatic carbocycles. The molecule has 0 aromatic heterocycles. The molecule has 1 aromatic rings. The maximum atomic E-state index is 11.2. The Morgan fingerprint density at radius 1 is 1.41 bits per heavy atom. The van der Waals surface area contributed by atoms with Crippen LogP contribution in [-0.4, -0.2) is 16.0 Å². The normalized spacial score (nSPS) is 17.2. The minimum atomic E-state index is -0.845. The largest absolute Gasteiger partial charge is 0.481 e. The highest BCUT2D eigenvalue weighted by Gasteiger charge is 2.45. The van der Waals surface area contributed by atoms with Gasteiger partial charge in [0.15, 0.2) is 0 Å². The first-order chi connectivity index (χ1) is 8.05. The van der Waals surface area contributed by atoms with E-state index in [1.54, 1.807) is 18.2 Å². The molecule has 0 amide bonds. The van der Waals surface area contributed by atoms with E-state index in [2.05, 4.69) is 0 Å². The molecule has 0 atom stereocenters. The number of benzene rings is 1. The van der Waals surface area contributed by atoms with Crippen molar-refractivity contribution >= 4 is 11.7 Å². The van der Waals surface area contributed by atoms with Crippen LogP contribution in [0.1, 0.15) is 24.8 Å². The van der Waals surface area contributed by atoms with Gasteiger partial charge in [0.25, 0.3) is 5.69 Å². The Morgan fingerprint density at radius 2 is 2.06 bits per heavy atom. The van der Waals surface area contributed by atoms with E-state index >= 15 is 0 Å². The van der Waals surface area contributed by atoms with Gasteiger partial charge in [0.2, 0.25) is 0 Å². The molecule has 0 radical (unpaired) electrons. The van der Waals surface area contributed by atoms with E-state index < -0.39 is 16.3 Å². The Kier molecular flexibility index (Phi) is 2.83. The average Bonchev–Trinajstić information content (AvgIpc) is 2.23. The highest BCUT2D eigenvalue weighted by Crippen LogP contribution is 2.45. The van der Waals surface area contributed by atoms with Crippen LogP contribution in [0.2, 0.25) is 0 Å². The van der Waals surface area contributed by atoms with Crippen LogP contribution in [0.15, 0.2) is 24.3 Å². The number of nitrogens with zero attached hydrogens (tertiary/aromatic N) is 1. The number of carbonyl (C=O) groups is 1. The van der Waals surface area contributed by atoms with E-state index in [4.69, 9.17) is 0 Å². The van der Waals surface area contributed by atoms with Gasteiger partial charge in [-0.1, -0.05) is 24.6 Å². The van der Waals surface area contributed by atoms with Crippen LogP contribution in [0.5, 0.6) is 0 Å². The second kappa shape index (κ2) is 4.16. The Morgan fingerprint density at radius 3 is 2.53 bits per heavy atom. The fraction of sp³-hybridized carbons (Fsp3) is 0.417. The van der Waals surface area contributed by atoms with E-state index in [-0.39, 0.29) is 12.1 Å². The zero-order valence-corrected chi connectivity index (χ0v) is 9.26. The number of nitro groups is 1. The fourth-order valence-corrected chi connectivity index (χ4v) is 2.27. The van der Waals surface area contributed by atoms with E-state index in [9.17, 15) is 20.0 Å². The first kappa shape index (κ1) is 11.6. The molecule has 0 heterocycles. The predicted molar refractivity (Wildman–Crippen MR) is 60.7 cm³/mol. The summed E-state index contributed by atoms with van der Waals surface area (Å²) in [6.45, 7) is 0. The molecule has 5 heteroatoms. The number of hydrogen-bond donors (Lipinski definition) is 1. The Hall–Kier alpha value is -1.91. The topological polar surface area (TPSA) is 80.4 Å². The predicted octanol–water partition coefficient (Wildman–Crippen LogP) is 2.39. The molecule has 0 unspecified atom stereocenters. The number of carboxylic acids is 1. The molecule has 5 nitrogen and oxygen atoms in total. The molecule has 90 valence electrons. The summed E-state index contributed by atoms with van der Waals surface area (Å²) in [6.07, 6.45) is 2.34. The second-order valence-corrected chi connectivity index (χ2v) is 4.50. The van der Waals surface area contributed by atoms with E-state index in [1.807, 2.05) is 0 Å². The Balaban J connectivity index is 2.29. The summed E-state index contributed by atoms with van der Waals surface area (Å²) in [5.74, 6) is -0.845. The highest BCUT2D eigenvalue weighted by molar-refractivity contribution is 5.76. The number of nitro benzene ring substituents is 1. The van der Waals surface area contributed by atoms with Crippen molar-refractivity contribution in [3.8, 4) is 0 Å². The van der Waals surface area contributed by atoms with Gasteiger partial charge in [-0.3, -0.25) is 14.9 Å². The van der Waals surface area contributed by atoms with Crippen molar-refractivity contribution in [2.24, 2.45) is 5.41 Å². The van der Waals surface area contributed by atoms with Crippen molar-refractivity contribution < 1.29 is 14.8 Å². The van der Waals surface area contributed by atoms with Crippen molar-refractivity contribution in [3.05, 3.63) is 39.9 Å². The van der Waals surface area contributed by atoms with Gasteiger partial charge in [0.05, 0.1) is 10.3 Å². The number of para-hydroxylation sites is 1. The highest BCUT2D eigenvalue weighted by atomic mass is 16.6. The van der Waals surface area contributed by atoms with E-state index in [1.165, 1.54) is 6.07 Å². The lowest BCUT2D eigenvalue weighted by molar-refractivity contribution is -0.385. The standard InChI is InChI=1S/C12H13NO4/c14-11(15)12(6-3-7-12)8-9-4-1-2-5-10(9)13(16)17/h1-2,4-5H,3,6-8H2,(H,14,15). The third kappa shape index (κ3) is 2.00. The maximum Gasteiger partial charge on any atom is 0.309 e. The molecule has 1 fully saturated rings. The molecule has 1 saturated carbocycles. The lowest BCUT2D eigenvalue weighted by atomic mass is 9.65. The first-order valence-corrected chi connectivity index (χ1v) is 5.51. The van der Waals surface area contributed by atoms with Crippen LogP contribution in [0.3, 0.4) is 0 Å². The Labute approximate surface area is 98.2 Å². The minimum absolute atomic E-state index is 0.0139. The Bertz CT molecular complexity index is 465. The molecule has 0 bridgehead atoms. The van der Waals surface area contributed by atoms with Crippen molar-refractivity contribution in [3.63, 3.8) is 0 Å². The van der Waals surface area contributed by atoms with Crippen molar-refractivity contribution in [2.45, 2.75) is 25.7 Å². The van der Waals surface area contributed by atoms with Gasteiger partial charge in [-0.2, -0.15) is 0 Å². The summed E-state index contributed by atoms with van der Waals surface area (Å²) in [6, 6.07) is 6.36. The molecule has 0 aliphatic heterocycles. The van der Waals surface area contributed by atoms with Crippen LogP contribution in [0.4, 0.5) is 5.69 Å². The fourth-order valence-electron chi connectivity index (χ4n) is 2.27. The number of aliphatic carboxylic acids is 1. The SMILES string of the molecule is O=C(O)C1(Cc2ccccc2[N+](=O)[O-])CCC1. The third-order valence-electron chi connectivity index (χ3n) is 3.48. The summed E-state index contributed by atoms with van der Waals surface area (Å²) in [5, 5.41) is 20.0. The summed E-state index contributed by atoms with van der Waals surface area (Å²) in [7, 11) is 0. The van der Waals surface area contributed by atoms with E-state index in [0.29, 0.717) is 18.4 Å². The average molecular weight is 235 g/mol. The van der Waals surface area contributed by atoms with Crippen LogP contribution in [0.25, 0.3) is 0 Å². The zero-order valence-electron chi connectivity index (χ0n) is 9.26. The minimum Gasteiger partial charge on any atom is -0.481 e. The third-order valence-corrected chi connectivity index (χ3v) is 3.48. The van der Waals surface area contributed by atoms with Crippen molar-refractivity contribution in [2.75, 3.05) is 0 Å². The molecule has 0 spiro atoms. The van der Waals surface area contributed by atoms with Crippen molar-refractivity contribution in [1.82, 2.24) is 0 Å². The van der Waals surface area contributed by atoms with E-state index in [0.717, 1.165) is 6.42 Å². The summed E-state index contributed by atoms with van der Waals surface area (Å²) >= 11 is 0. The van der Waals surface area contributed by atoms with Gasteiger partial charge in [0.1, 0.15) is 0 Å². The number of carboxylic acid groups (broad SMARTS) is 1. The van der Waals surface area contributed by atoms with Gasteiger partial charge in [-0.15, -0.1) is 0 Å². The second-order valence-electron chi connectivity index (χ2n) is 4.50. The smallest absolute Gasteiger partial charge is 0.309 e. The summed E-state index contributed by atoms with van der Waals surface area (Å²) in [5.41, 5.74) is -0.258. The molecule has 1 N–H and O–H groups in total. The van der Waals surface area contributed by atoms with Crippen LogP contribution >= 0.6 is 0 Å². The molecule has 1 aromatic carbocycles. The molecule has 17 heavy (non-hydrogen) atoms. The zero-order chi connectivity index (χ0) is 12.5. The van der Waals surface area contributed by atoms with Gasteiger partial charge in [-0.25, -0.2) is 0 Å². The monoisotopic (exact) mass is 235 g/mol. The quantitative estimate of drug-likeness (QED) is 0.641. The van der Waals surface area contributed by atoms with Crippen LogP contribution in [-0.2, 0) is 11.2 Å². The lowest BCUT2D eigenvalue weighted by Crippen LogP contribution is -2.40. The molecular formula is C12H13NO4. The summed E-state index contributed by atoms with van der Waals surface area (Å²) in [4.78, 5) is 21.6. The van der Waals surface area contributed by atoms with Gasteiger partial charge in [0, 0.05) is 11.6 Å². The van der Waals surface area contributed by atoms with Gasteiger partial charge in [-0.05, 0) is 19.3 Å². The molecule has 2 rings (SSSR count). The van der Waals surface area contributed by atoms with Gasteiger partial charge >= 0.3 is 5.97 Å².